The van der Waals surface area contributed by atoms with E-state index in [0.29, 0.717) is 18.2 Å². The van der Waals surface area contributed by atoms with Gasteiger partial charge in [0.1, 0.15) is 0 Å². The first-order chi connectivity index (χ1) is 10.2. The number of aromatic nitrogens is 2. The molecule has 2 fully saturated rings. The Morgan fingerprint density at radius 2 is 2.05 bits per heavy atom. The van der Waals surface area contributed by atoms with Gasteiger partial charge in [-0.1, -0.05) is 0 Å². The molecule has 1 unspecified atom stereocenters. The summed E-state index contributed by atoms with van der Waals surface area (Å²) in [6, 6.07) is 0. The van der Waals surface area contributed by atoms with Crippen LogP contribution in [-0.4, -0.2) is 46.8 Å². The Bertz CT molecular complexity index is 474. The lowest BCUT2D eigenvalue weighted by Gasteiger charge is -2.32. The molecular weight excluding hydrogens is 270 g/mol. The largest absolute Gasteiger partial charge is 0.425 e. The Hall–Kier alpha value is -1.43. The normalized spacial score (nSPS) is 24.2. The maximum absolute atomic E-state index is 12.3. The van der Waals surface area contributed by atoms with Crippen LogP contribution in [0.4, 0.5) is 0 Å². The molecule has 0 N–H and O–H groups in total. The van der Waals surface area contributed by atoms with Gasteiger partial charge in [0.15, 0.2) is 0 Å². The molecule has 0 radical (unpaired) electrons. The van der Waals surface area contributed by atoms with Crippen molar-refractivity contribution in [3.8, 4) is 0 Å². The zero-order chi connectivity index (χ0) is 14.7. The van der Waals surface area contributed by atoms with Crippen LogP contribution in [0.3, 0.4) is 0 Å². The molecule has 0 bridgehead atoms. The zero-order valence-corrected chi connectivity index (χ0v) is 12.6. The van der Waals surface area contributed by atoms with Crippen LogP contribution >= 0.6 is 0 Å². The molecule has 2 aliphatic rings. The Kier molecular flexibility index (Phi) is 4.53. The maximum Gasteiger partial charge on any atom is 0.225 e. The van der Waals surface area contributed by atoms with E-state index >= 15 is 0 Å². The summed E-state index contributed by atoms with van der Waals surface area (Å²) in [4.78, 5) is 14.3. The fourth-order valence-electron chi connectivity index (χ4n) is 3.14. The number of rotatable bonds is 3. The molecule has 2 aliphatic heterocycles. The van der Waals surface area contributed by atoms with E-state index in [1.54, 1.807) is 6.92 Å². The Morgan fingerprint density at radius 3 is 2.67 bits per heavy atom. The molecule has 1 aromatic rings. The molecule has 1 amide bonds. The summed E-state index contributed by atoms with van der Waals surface area (Å²) in [6.45, 7) is 4.16. The molecule has 0 aromatic carbocycles. The lowest BCUT2D eigenvalue weighted by molar-refractivity contribution is -0.136. The molecule has 1 aromatic heterocycles. The van der Waals surface area contributed by atoms with Gasteiger partial charge in [0.2, 0.25) is 17.7 Å². The van der Waals surface area contributed by atoms with Crippen molar-refractivity contribution in [3.05, 3.63) is 11.8 Å². The number of carbonyl (C=O) groups is 1. The fraction of sp³-hybridized carbons (Fsp3) is 0.800. The Morgan fingerprint density at radius 1 is 1.24 bits per heavy atom. The van der Waals surface area contributed by atoms with E-state index in [9.17, 15) is 4.79 Å². The SMILES string of the molecule is Cc1nnc(C2CCN(C(=O)CC3CCCCO3)CC2)o1. The van der Waals surface area contributed by atoms with E-state index in [1.165, 1.54) is 6.42 Å². The van der Waals surface area contributed by atoms with Crippen molar-refractivity contribution in [2.75, 3.05) is 19.7 Å². The van der Waals surface area contributed by atoms with Gasteiger partial charge < -0.3 is 14.1 Å². The molecule has 6 nitrogen and oxygen atoms in total. The molecule has 0 saturated carbocycles. The lowest BCUT2D eigenvalue weighted by Crippen LogP contribution is -2.40. The first-order valence-electron chi connectivity index (χ1n) is 7.92. The van der Waals surface area contributed by atoms with Crippen LogP contribution in [0.5, 0.6) is 0 Å². The number of amides is 1. The van der Waals surface area contributed by atoms with Crippen molar-refractivity contribution in [1.29, 1.82) is 0 Å². The number of hydrogen-bond donors (Lipinski definition) is 0. The minimum Gasteiger partial charge on any atom is -0.425 e. The van der Waals surface area contributed by atoms with Gasteiger partial charge in [0, 0.05) is 32.5 Å². The summed E-state index contributed by atoms with van der Waals surface area (Å²) in [5.74, 6) is 1.84. The predicted molar refractivity (Wildman–Crippen MR) is 75.8 cm³/mol. The van der Waals surface area contributed by atoms with Crippen molar-refractivity contribution >= 4 is 5.91 Å². The highest BCUT2D eigenvalue weighted by atomic mass is 16.5. The molecule has 3 rings (SSSR count). The smallest absolute Gasteiger partial charge is 0.225 e. The lowest BCUT2D eigenvalue weighted by atomic mass is 9.96. The number of aryl methyl sites for hydroxylation is 1. The van der Waals surface area contributed by atoms with Gasteiger partial charge in [0.05, 0.1) is 12.5 Å². The molecule has 3 heterocycles. The molecule has 6 heteroatoms. The summed E-state index contributed by atoms with van der Waals surface area (Å²) < 4.78 is 11.1. The summed E-state index contributed by atoms with van der Waals surface area (Å²) in [7, 11) is 0. The molecule has 1 atom stereocenters. The van der Waals surface area contributed by atoms with Gasteiger partial charge in [-0.2, -0.15) is 0 Å². The minimum absolute atomic E-state index is 0.127. The number of piperidine rings is 1. The Labute approximate surface area is 124 Å². The highest BCUT2D eigenvalue weighted by molar-refractivity contribution is 5.76. The second-order valence-electron chi connectivity index (χ2n) is 6.01. The standard InChI is InChI=1S/C15H23N3O3/c1-11-16-17-15(21-11)12-5-7-18(8-6-12)14(19)10-13-4-2-3-9-20-13/h12-13H,2-10H2,1H3. The van der Waals surface area contributed by atoms with Crippen LogP contribution in [0.1, 0.15) is 56.2 Å². The first kappa shape index (κ1) is 14.5. The molecular formula is C15H23N3O3. The van der Waals surface area contributed by atoms with Crippen molar-refractivity contribution in [2.24, 2.45) is 0 Å². The number of carbonyl (C=O) groups excluding carboxylic acids is 1. The van der Waals surface area contributed by atoms with E-state index in [4.69, 9.17) is 9.15 Å². The number of nitrogens with zero attached hydrogens (tertiary/aromatic N) is 3. The second-order valence-corrected chi connectivity index (χ2v) is 6.01. The van der Waals surface area contributed by atoms with E-state index in [1.807, 2.05) is 4.90 Å². The topological polar surface area (TPSA) is 68.5 Å². The van der Waals surface area contributed by atoms with Crippen LogP contribution in [0.2, 0.25) is 0 Å². The van der Waals surface area contributed by atoms with Crippen molar-refractivity contribution in [3.63, 3.8) is 0 Å². The van der Waals surface area contributed by atoms with E-state index in [-0.39, 0.29) is 12.0 Å². The number of ether oxygens (including phenoxy) is 1. The second kappa shape index (κ2) is 6.56. The van der Waals surface area contributed by atoms with Crippen molar-refractivity contribution in [1.82, 2.24) is 15.1 Å². The van der Waals surface area contributed by atoms with Crippen molar-refractivity contribution in [2.45, 2.75) is 57.5 Å². The van der Waals surface area contributed by atoms with Crippen LogP contribution < -0.4 is 0 Å². The summed E-state index contributed by atoms with van der Waals surface area (Å²) in [5.41, 5.74) is 0. The first-order valence-corrected chi connectivity index (χ1v) is 7.92. The van der Waals surface area contributed by atoms with E-state index < -0.39 is 0 Å². The highest BCUT2D eigenvalue weighted by Gasteiger charge is 2.28. The quantitative estimate of drug-likeness (QED) is 0.853. The summed E-state index contributed by atoms with van der Waals surface area (Å²) >= 11 is 0. The van der Waals surface area contributed by atoms with Crippen LogP contribution in [0, 0.1) is 6.92 Å². The fourth-order valence-corrected chi connectivity index (χ4v) is 3.14. The van der Waals surface area contributed by atoms with Gasteiger partial charge in [-0.05, 0) is 32.1 Å². The molecule has 2 saturated heterocycles. The average molecular weight is 293 g/mol. The van der Waals surface area contributed by atoms with Gasteiger partial charge in [-0.15, -0.1) is 10.2 Å². The summed E-state index contributed by atoms with van der Waals surface area (Å²) in [5, 5.41) is 7.97. The molecule has 0 aliphatic carbocycles. The monoisotopic (exact) mass is 293 g/mol. The number of hydrogen-bond acceptors (Lipinski definition) is 5. The predicted octanol–water partition coefficient (Wildman–Crippen LogP) is 2.04. The Balaban J connectivity index is 1.47. The third-order valence-corrected chi connectivity index (χ3v) is 4.41. The van der Waals surface area contributed by atoms with Crippen LogP contribution in [0.25, 0.3) is 0 Å². The van der Waals surface area contributed by atoms with Gasteiger partial charge in [-0.3, -0.25) is 4.79 Å². The number of likely N-dealkylation sites (tertiary alicyclic amines) is 1. The van der Waals surface area contributed by atoms with Gasteiger partial charge in [-0.25, -0.2) is 0 Å². The third kappa shape index (κ3) is 3.61. The van der Waals surface area contributed by atoms with Crippen LogP contribution in [0.15, 0.2) is 4.42 Å². The van der Waals surface area contributed by atoms with Crippen LogP contribution in [-0.2, 0) is 9.53 Å². The van der Waals surface area contributed by atoms with Gasteiger partial charge >= 0.3 is 0 Å². The average Bonchev–Trinajstić information content (AvgIpc) is 2.95. The van der Waals surface area contributed by atoms with E-state index in [2.05, 4.69) is 10.2 Å². The minimum atomic E-state index is 0.127. The molecule has 0 spiro atoms. The van der Waals surface area contributed by atoms with E-state index in [0.717, 1.165) is 51.3 Å². The molecule has 116 valence electrons. The van der Waals surface area contributed by atoms with Crippen molar-refractivity contribution < 1.29 is 13.9 Å². The highest BCUT2D eigenvalue weighted by Crippen LogP contribution is 2.27. The summed E-state index contributed by atoms with van der Waals surface area (Å²) in [6.07, 6.45) is 5.78. The molecule has 21 heavy (non-hydrogen) atoms. The van der Waals surface area contributed by atoms with Gasteiger partial charge in [0.25, 0.3) is 0 Å². The third-order valence-electron chi connectivity index (χ3n) is 4.41. The zero-order valence-electron chi connectivity index (χ0n) is 12.6. The maximum atomic E-state index is 12.3.